The largest absolute Gasteiger partial charge is 0.393 e. The quantitative estimate of drug-likeness (QED) is 0.851. The van der Waals surface area contributed by atoms with Gasteiger partial charge in [-0.3, -0.25) is 4.68 Å². The predicted molar refractivity (Wildman–Crippen MR) is 66.1 cm³/mol. The zero-order valence-corrected chi connectivity index (χ0v) is 10.4. The van der Waals surface area contributed by atoms with Gasteiger partial charge in [-0.05, 0) is 31.4 Å². The average molecular weight is 244 g/mol. The Morgan fingerprint density at radius 1 is 1.44 bits per heavy atom. The number of fused-ring (bicyclic) bond motifs is 1. The molecule has 1 unspecified atom stereocenters. The van der Waals surface area contributed by atoms with Gasteiger partial charge in [-0.2, -0.15) is 5.10 Å². The number of aliphatic hydroxyl groups is 1. The Hall–Kier alpha value is -1.75. The van der Waals surface area contributed by atoms with E-state index in [-0.39, 0.29) is 6.10 Å². The smallest absolute Gasteiger partial charge is 0.115 e. The molecule has 1 atom stereocenters. The third-order valence-corrected chi connectivity index (χ3v) is 3.38. The lowest BCUT2D eigenvalue weighted by atomic mass is 9.96. The van der Waals surface area contributed by atoms with Crippen LogP contribution < -0.4 is 0 Å². The molecule has 3 rings (SSSR count). The maximum atomic E-state index is 9.74. The van der Waals surface area contributed by atoms with Gasteiger partial charge >= 0.3 is 0 Å². The van der Waals surface area contributed by atoms with Gasteiger partial charge in [0.2, 0.25) is 0 Å². The maximum absolute atomic E-state index is 9.74. The van der Waals surface area contributed by atoms with Gasteiger partial charge in [-0.15, -0.1) is 0 Å². The molecule has 0 spiro atoms. The summed E-state index contributed by atoms with van der Waals surface area (Å²) in [5, 5.41) is 14.1. The maximum Gasteiger partial charge on any atom is 0.115 e. The molecule has 1 N–H and O–H groups in total. The van der Waals surface area contributed by atoms with Gasteiger partial charge in [0.15, 0.2) is 0 Å². The molecule has 0 radical (unpaired) electrons. The van der Waals surface area contributed by atoms with Gasteiger partial charge in [0.05, 0.1) is 24.5 Å². The third-order valence-electron chi connectivity index (χ3n) is 3.38. The lowest BCUT2D eigenvalue weighted by Gasteiger charge is -2.18. The number of aromatic nitrogens is 4. The molecular formula is C13H16N4O. The first-order valence-electron chi connectivity index (χ1n) is 6.21. The molecule has 2 heterocycles. The van der Waals surface area contributed by atoms with Crippen LogP contribution in [-0.4, -0.2) is 31.0 Å². The molecular weight excluding hydrogens is 228 g/mol. The highest BCUT2D eigenvalue weighted by molar-refractivity contribution is 5.23. The van der Waals surface area contributed by atoms with E-state index in [1.165, 1.54) is 5.56 Å². The van der Waals surface area contributed by atoms with E-state index in [2.05, 4.69) is 15.1 Å². The predicted octanol–water partition coefficient (Wildman–Crippen LogP) is 0.879. The average Bonchev–Trinajstić information content (AvgIpc) is 2.72. The molecule has 5 heteroatoms. The van der Waals surface area contributed by atoms with Crippen molar-refractivity contribution < 1.29 is 5.11 Å². The molecule has 2 aromatic heterocycles. The molecule has 0 saturated carbocycles. The Morgan fingerprint density at radius 2 is 2.33 bits per heavy atom. The second-order valence-electron chi connectivity index (χ2n) is 4.82. The standard InChI is InChI=1S/C13H16N4O/c1-9-4-11(15-8-14-9)7-17-13-5-12(18)3-2-10(13)6-16-17/h4,6,8,12,18H,2-3,5,7H2,1H3. The number of aliphatic hydroxyl groups excluding tert-OH is 1. The summed E-state index contributed by atoms with van der Waals surface area (Å²) < 4.78 is 1.94. The molecule has 0 amide bonds. The lowest BCUT2D eigenvalue weighted by Crippen LogP contribution is -2.21. The van der Waals surface area contributed by atoms with E-state index < -0.39 is 0 Å². The molecule has 0 aliphatic heterocycles. The third kappa shape index (κ3) is 2.13. The normalized spacial score (nSPS) is 18.7. The molecule has 18 heavy (non-hydrogen) atoms. The van der Waals surface area contributed by atoms with Crippen LogP contribution in [0.25, 0.3) is 0 Å². The Balaban J connectivity index is 1.87. The van der Waals surface area contributed by atoms with Gasteiger partial charge in [0, 0.05) is 17.8 Å². The van der Waals surface area contributed by atoms with Crippen LogP contribution in [0, 0.1) is 6.92 Å². The Labute approximate surface area is 106 Å². The van der Waals surface area contributed by atoms with Crippen molar-refractivity contribution in [2.45, 2.75) is 38.8 Å². The number of rotatable bonds is 2. The fourth-order valence-corrected chi connectivity index (χ4v) is 2.43. The van der Waals surface area contributed by atoms with Crippen molar-refractivity contribution in [2.24, 2.45) is 0 Å². The zero-order valence-electron chi connectivity index (χ0n) is 10.4. The summed E-state index contributed by atoms with van der Waals surface area (Å²) in [5.74, 6) is 0. The SMILES string of the molecule is Cc1cc(Cn2ncc3c2CC(O)CC3)ncn1. The minimum Gasteiger partial charge on any atom is -0.393 e. The minimum absolute atomic E-state index is 0.236. The number of aryl methyl sites for hydroxylation is 2. The van der Waals surface area contributed by atoms with Crippen LogP contribution in [-0.2, 0) is 19.4 Å². The summed E-state index contributed by atoms with van der Waals surface area (Å²) in [6.07, 6.45) is 5.70. The zero-order chi connectivity index (χ0) is 12.5. The molecule has 0 aromatic carbocycles. The van der Waals surface area contributed by atoms with Crippen molar-refractivity contribution in [1.82, 2.24) is 19.7 Å². The van der Waals surface area contributed by atoms with Crippen LogP contribution in [0.1, 0.15) is 29.1 Å². The minimum atomic E-state index is -0.236. The van der Waals surface area contributed by atoms with E-state index >= 15 is 0 Å². The monoisotopic (exact) mass is 244 g/mol. The molecule has 0 bridgehead atoms. The van der Waals surface area contributed by atoms with Crippen LogP contribution in [0.2, 0.25) is 0 Å². The van der Waals surface area contributed by atoms with E-state index in [1.807, 2.05) is 23.9 Å². The highest BCUT2D eigenvalue weighted by Gasteiger charge is 2.20. The van der Waals surface area contributed by atoms with E-state index in [0.29, 0.717) is 13.0 Å². The molecule has 94 valence electrons. The van der Waals surface area contributed by atoms with Crippen molar-refractivity contribution in [3.63, 3.8) is 0 Å². The first-order valence-corrected chi connectivity index (χ1v) is 6.21. The molecule has 5 nitrogen and oxygen atoms in total. The van der Waals surface area contributed by atoms with Crippen molar-refractivity contribution in [3.05, 3.63) is 41.2 Å². The van der Waals surface area contributed by atoms with Crippen LogP contribution in [0.4, 0.5) is 0 Å². The summed E-state index contributed by atoms with van der Waals surface area (Å²) >= 11 is 0. The van der Waals surface area contributed by atoms with Crippen LogP contribution in [0.15, 0.2) is 18.6 Å². The number of hydrogen-bond acceptors (Lipinski definition) is 4. The van der Waals surface area contributed by atoms with Crippen molar-refractivity contribution in [2.75, 3.05) is 0 Å². The Bertz CT molecular complexity index is 564. The van der Waals surface area contributed by atoms with Crippen molar-refractivity contribution in [1.29, 1.82) is 0 Å². The fraction of sp³-hybridized carbons (Fsp3) is 0.462. The summed E-state index contributed by atoms with van der Waals surface area (Å²) in [7, 11) is 0. The van der Waals surface area contributed by atoms with Gasteiger partial charge in [0.1, 0.15) is 6.33 Å². The molecule has 0 fully saturated rings. The highest BCUT2D eigenvalue weighted by atomic mass is 16.3. The Kier molecular flexibility index (Phi) is 2.83. The first-order chi connectivity index (χ1) is 8.72. The van der Waals surface area contributed by atoms with E-state index in [1.54, 1.807) is 6.33 Å². The van der Waals surface area contributed by atoms with Gasteiger partial charge < -0.3 is 5.11 Å². The summed E-state index contributed by atoms with van der Waals surface area (Å²) in [5.41, 5.74) is 4.31. The lowest BCUT2D eigenvalue weighted by molar-refractivity contribution is 0.155. The van der Waals surface area contributed by atoms with Crippen LogP contribution >= 0.6 is 0 Å². The van der Waals surface area contributed by atoms with E-state index in [9.17, 15) is 5.11 Å². The van der Waals surface area contributed by atoms with Crippen molar-refractivity contribution in [3.8, 4) is 0 Å². The van der Waals surface area contributed by atoms with Gasteiger partial charge in [-0.25, -0.2) is 9.97 Å². The van der Waals surface area contributed by atoms with Gasteiger partial charge in [0.25, 0.3) is 0 Å². The van der Waals surface area contributed by atoms with E-state index in [4.69, 9.17) is 0 Å². The van der Waals surface area contributed by atoms with E-state index in [0.717, 1.165) is 29.9 Å². The highest BCUT2D eigenvalue weighted by Crippen LogP contribution is 2.21. The van der Waals surface area contributed by atoms with Crippen LogP contribution in [0.3, 0.4) is 0 Å². The van der Waals surface area contributed by atoms with Crippen molar-refractivity contribution >= 4 is 0 Å². The topological polar surface area (TPSA) is 63.8 Å². The molecule has 2 aromatic rings. The van der Waals surface area contributed by atoms with Crippen LogP contribution in [0.5, 0.6) is 0 Å². The summed E-state index contributed by atoms with van der Waals surface area (Å²) in [6.45, 7) is 2.60. The Morgan fingerprint density at radius 3 is 3.17 bits per heavy atom. The molecule has 1 aliphatic carbocycles. The second-order valence-corrected chi connectivity index (χ2v) is 4.82. The first kappa shape index (κ1) is 11.3. The fourth-order valence-electron chi connectivity index (χ4n) is 2.43. The molecule has 0 saturated heterocycles. The van der Waals surface area contributed by atoms with Gasteiger partial charge in [-0.1, -0.05) is 0 Å². The summed E-state index contributed by atoms with van der Waals surface area (Å²) in [4.78, 5) is 8.34. The number of nitrogens with zero attached hydrogens (tertiary/aromatic N) is 4. The molecule has 1 aliphatic rings. The summed E-state index contributed by atoms with van der Waals surface area (Å²) in [6, 6.07) is 1.97. The second kappa shape index (κ2) is 4.49. The number of hydrogen-bond donors (Lipinski definition) is 1.